The Balaban J connectivity index is 1.49. The van der Waals surface area contributed by atoms with Crippen LogP contribution < -0.4 is 5.32 Å². The highest BCUT2D eigenvalue weighted by molar-refractivity contribution is 7.15. The average Bonchev–Trinajstić information content (AvgIpc) is 3.53. The standard InChI is InChI=1S/C28H25N7S/c1-4-29-10-18-8-19(12-30-11-18)20-9-21-23(7-16(20)2)32-15-33-27(21)28-34-24-14-31-13-22(26(24)35-28)25-6-5-17(3)36-25/h5-9,11-15,29H,4,10H2,1-3H3,(H,34,35). The Morgan fingerprint density at radius 2 is 1.83 bits per heavy atom. The number of nitrogens with zero attached hydrogens (tertiary/aromatic N) is 5. The molecule has 0 radical (unpaired) electrons. The van der Waals surface area contributed by atoms with Gasteiger partial charge in [0.2, 0.25) is 0 Å². The molecule has 0 saturated carbocycles. The van der Waals surface area contributed by atoms with Gasteiger partial charge in [0.1, 0.15) is 17.5 Å². The quantitative estimate of drug-likeness (QED) is 0.293. The lowest BCUT2D eigenvalue weighted by molar-refractivity contribution is 0.724. The van der Waals surface area contributed by atoms with Crippen LogP contribution in [0, 0.1) is 13.8 Å². The minimum atomic E-state index is 0.703. The molecule has 0 atom stereocenters. The SMILES string of the molecule is CCNCc1cncc(-c2cc3c(-c4nc5c(-c6ccc(C)s6)cncc5[nH]4)ncnc3cc2C)c1. The van der Waals surface area contributed by atoms with Crippen molar-refractivity contribution < 1.29 is 0 Å². The number of thiophene rings is 1. The van der Waals surface area contributed by atoms with E-state index in [1.807, 2.05) is 24.8 Å². The third-order valence-corrected chi connectivity index (χ3v) is 7.32. The maximum absolute atomic E-state index is 4.99. The van der Waals surface area contributed by atoms with Crippen LogP contribution in [-0.4, -0.2) is 36.4 Å². The van der Waals surface area contributed by atoms with Crippen molar-refractivity contribution in [1.82, 2.24) is 35.2 Å². The van der Waals surface area contributed by atoms with Gasteiger partial charge in [0.15, 0.2) is 5.82 Å². The molecule has 6 rings (SSSR count). The Labute approximate surface area is 212 Å². The summed E-state index contributed by atoms with van der Waals surface area (Å²) in [5.74, 6) is 0.703. The van der Waals surface area contributed by atoms with Gasteiger partial charge in [0, 0.05) is 51.4 Å². The first-order valence-corrected chi connectivity index (χ1v) is 12.7. The van der Waals surface area contributed by atoms with E-state index in [1.54, 1.807) is 17.7 Å². The van der Waals surface area contributed by atoms with Crippen LogP contribution in [0.1, 0.15) is 22.9 Å². The van der Waals surface area contributed by atoms with Gasteiger partial charge >= 0.3 is 0 Å². The highest BCUT2D eigenvalue weighted by Gasteiger charge is 2.17. The van der Waals surface area contributed by atoms with Gasteiger partial charge in [-0.2, -0.15) is 0 Å². The molecule has 0 saturated heterocycles. The van der Waals surface area contributed by atoms with Crippen LogP contribution >= 0.6 is 11.3 Å². The van der Waals surface area contributed by atoms with E-state index < -0.39 is 0 Å². The minimum Gasteiger partial charge on any atom is -0.335 e. The van der Waals surface area contributed by atoms with Crippen molar-refractivity contribution in [1.29, 1.82) is 0 Å². The Bertz CT molecular complexity index is 1720. The number of benzene rings is 1. The lowest BCUT2D eigenvalue weighted by Gasteiger charge is -2.11. The highest BCUT2D eigenvalue weighted by Crippen LogP contribution is 2.35. The number of aromatic nitrogens is 6. The monoisotopic (exact) mass is 491 g/mol. The summed E-state index contributed by atoms with van der Waals surface area (Å²) in [6.45, 7) is 8.02. The van der Waals surface area contributed by atoms with Gasteiger partial charge in [0.05, 0.1) is 17.2 Å². The fraction of sp³-hybridized carbons (Fsp3) is 0.179. The van der Waals surface area contributed by atoms with Crippen LogP contribution in [0.15, 0.2) is 61.4 Å². The summed E-state index contributed by atoms with van der Waals surface area (Å²) in [5, 5.41) is 4.31. The molecule has 36 heavy (non-hydrogen) atoms. The third-order valence-electron chi connectivity index (χ3n) is 6.29. The zero-order valence-corrected chi connectivity index (χ0v) is 21.1. The molecule has 5 aromatic heterocycles. The van der Waals surface area contributed by atoms with E-state index in [2.05, 4.69) is 81.3 Å². The summed E-state index contributed by atoms with van der Waals surface area (Å²) in [4.78, 5) is 29.0. The molecule has 0 bridgehead atoms. The van der Waals surface area contributed by atoms with Crippen molar-refractivity contribution in [2.75, 3.05) is 6.54 Å². The Kier molecular flexibility index (Phi) is 5.75. The molecule has 8 heteroatoms. The molecule has 0 aliphatic rings. The molecule has 6 aromatic rings. The molecule has 0 aliphatic carbocycles. The predicted octanol–water partition coefficient (Wildman–Crippen LogP) is 6.08. The maximum atomic E-state index is 4.99. The number of imidazole rings is 1. The molecule has 178 valence electrons. The fourth-order valence-corrected chi connectivity index (χ4v) is 5.39. The zero-order chi connectivity index (χ0) is 24.6. The highest BCUT2D eigenvalue weighted by atomic mass is 32.1. The number of pyridine rings is 2. The number of hydrogen-bond donors (Lipinski definition) is 2. The van der Waals surface area contributed by atoms with Crippen molar-refractivity contribution in [3.05, 3.63) is 77.5 Å². The lowest BCUT2D eigenvalue weighted by Crippen LogP contribution is -2.11. The second-order valence-electron chi connectivity index (χ2n) is 8.85. The first-order valence-electron chi connectivity index (χ1n) is 11.9. The molecule has 0 unspecified atom stereocenters. The molecule has 0 fully saturated rings. The molecule has 0 amide bonds. The lowest BCUT2D eigenvalue weighted by atomic mass is 9.97. The van der Waals surface area contributed by atoms with Crippen LogP contribution in [0.3, 0.4) is 0 Å². The maximum Gasteiger partial charge on any atom is 0.158 e. The van der Waals surface area contributed by atoms with Crippen LogP contribution in [0.2, 0.25) is 0 Å². The van der Waals surface area contributed by atoms with Crippen molar-refractivity contribution >= 4 is 33.3 Å². The normalized spacial score (nSPS) is 11.5. The van der Waals surface area contributed by atoms with Gasteiger partial charge in [-0.25, -0.2) is 15.0 Å². The summed E-state index contributed by atoms with van der Waals surface area (Å²) in [5.41, 5.74) is 8.91. The number of aryl methyl sites for hydroxylation is 2. The summed E-state index contributed by atoms with van der Waals surface area (Å²) in [6.07, 6.45) is 9.12. The number of nitrogens with one attached hydrogen (secondary N) is 2. The van der Waals surface area contributed by atoms with Gasteiger partial charge in [-0.05, 0) is 67.4 Å². The molecular formula is C28H25N7S. The van der Waals surface area contributed by atoms with Crippen LogP contribution in [-0.2, 0) is 6.54 Å². The van der Waals surface area contributed by atoms with Gasteiger partial charge in [0.25, 0.3) is 0 Å². The predicted molar refractivity (Wildman–Crippen MR) is 146 cm³/mol. The number of rotatable bonds is 6. The second-order valence-corrected chi connectivity index (χ2v) is 10.1. The first kappa shape index (κ1) is 22.5. The van der Waals surface area contributed by atoms with E-state index in [-0.39, 0.29) is 0 Å². The van der Waals surface area contributed by atoms with E-state index in [9.17, 15) is 0 Å². The summed E-state index contributed by atoms with van der Waals surface area (Å²) in [7, 11) is 0. The second kappa shape index (κ2) is 9.22. The van der Waals surface area contributed by atoms with Crippen molar-refractivity contribution in [2.45, 2.75) is 27.3 Å². The van der Waals surface area contributed by atoms with Crippen molar-refractivity contribution in [2.24, 2.45) is 0 Å². The van der Waals surface area contributed by atoms with Gasteiger partial charge in [-0.3, -0.25) is 9.97 Å². The third kappa shape index (κ3) is 4.04. The topological polar surface area (TPSA) is 92.3 Å². The Morgan fingerprint density at radius 3 is 2.67 bits per heavy atom. The smallest absolute Gasteiger partial charge is 0.158 e. The molecule has 7 nitrogen and oxygen atoms in total. The van der Waals surface area contributed by atoms with Crippen LogP contribution in [0.25, 0.3) is 55.0 Å². The minimum absolute atomic E-state index is 0.703. The molecule has 5 heterocycles. The van der Waals surface area contributed by atoms with Crippen molar-refractivity contribution in [3.8, 4) is 33.1 Å². The van der Waals surface area contributed by atoms with E-state index >= 15 is 0 Å². The molecule has 2 N–H and O–H groups in total. The molecular weight excluding hydrogens is 466 g/mol. The summed E-state index contributed by atoms with van der Waals surface area (Å²) in [6, 6.07) is 10.7. The summed E-state index contributed by atoms with van der Waals surface area (Å²) < 4.78 is 0. The Hall–Kier alpha value is -4.01. The van der Waals surface area contributed by atoms with E-state index in [0.717, 1.165) is 73.4 Å². The Morgan fingerprint density at radius 1 is 0.944 bits per heavy atom. The molecule has 0 aliphatic heterocycles. The van der Waals surface area contributed by atoms with E-state index in [0.29, 0.717) is 5.82 Å². The van der Waals surface area contributed by atoms with Crippen molar-refractivity contribution in [3.63, 3.8) is 0 Å². The van der Waals surface area contributed by atoms with E-state index in [1.165, 1.54) is 4.88 Å². The van der Waals surface area contributed by atoms with Gasteiger partial charge in [-0.1, -0.05) is 6.92 Å². The van der Waals surface area contributed by atoms with Gasteiger partial charge in [-0.15, -0.1) is 11.3 Å². The van der Waals surface area contributed by atoms with Gasteiger partial charge < -0.3 is 10.3 Å². The average molecular weight is 492 g/mol. The van der Waals surface area contributed by atoms with Crippen LogP contribution in [0.4, 0.5) is 0 Å². The van der Waals surface area contributed by atoms with Crippen LogP contribution in [0.5, 0.6) is 0 Å². The van der Waals surface area contributed by atoms with E-state index in [4.69, 9.17) is 4.98 Å². The zero-order valence-electron chi connectivity index (χ0n) is 20.3. The number of H-pyrrole nitrogens is 1. The number of aromatic amines is 1. The summed E-state index contributed by atoms with van der Waals surface area (Å²) >= 11 is 1.74. The first-order chi connectivity index (χ1) is 17.6. The fourth-order valence-electron chi connectivity index (χ4n) is 4.51. The number of hydrogen-bond acceptors (Lipinski definition) is 7. The largest absolute Gasteiger partial charge is 0.335 e. The molecule has 0 spiro atoms. The molecule has 1 aromatic carbocycles. The number of fused-ring (bicyclic) bond motifs is 2.